The maximum Gasteiger partial charge on any atom is 0.350 e. The summed E-state index contributed by atoms with van der Waals surface area (Å²) < 4.78 is 19.5. The van der Waals surface area contributed by atoms with Gasteiger partial charge in [-0.15, -0.1) is 0 Å². The summed E-state index contributed by atoms with van der Waals surface area (Å²) in [6.45, 7) is 0.548. The maximum atomic E-state index is 10.8. The van der Waals surface area contributed by atoms with E-state index in [1.165, 1.54) is 0 Å². The van der Waals surface area contributed by atoms with Gasteiger partial charge in [-0.25, -0.2) is 4.98 Å². The quantitative estimate of drug-likeness (QED) is 0.430. The zero-order valence-corrected chi connectivity index (χ0v) is 13.6. The topological polar surface area (TPSA) is 130 Å². The van der Waals surface area contributed by atoms with Gasteiger partial charge in [0.05, 0.1) is 19.0 Å². The predicted octanol–water partition coefficient (Wildman–Crippen LogP) is 0.227. The molecule has 1 aliphatic carbocycles. The summed E-state index contributed by atoms with van der Waals surface area (Å²) in [6.07, 6.45) is 6.89. The lowest BCUT2D eigenvalue weighted by molar-refractivity contribution is 0.149. The number of fused-ring (bicyclic) bond motifs is 2. The lowest BCUT2D eigenvalue weighted by Gasteiger charge is -2.07. The lowest BCUT2D eigenvalue weighted by Crippen LogP contribution is -2.18. The number of hydrogen-bond acceptors (Lipinski definition) is 5. The number of nitrogens with one attached hydrogen (secondary N) is 1. The standard InChI is InChI=1S/C13H17N6O4P/c20-24(21,22)8-23-6-5-18-7-15-10-11(18)17-13-14-3-4-19(13)12(10)16-9-1-2-9/h3-4,7,9H,1-2,5-6,8H2,(H,14,17)(H2,20,21,22)/b16-12+. The molecule has 0 spiro atoms. The molecular weight excluding hydrogens is 335 g/mol. The van der Waals surface area contributed by atoms with Crippen LogP contribution in [0.5, 0.6) is 0 Å². The summed E-state index contributed by atoms with van der Waals surface area (Å²) >= 11 is 0. The van der Waals surface area contributed by atoms with E-state index in [2.05, 4.69) is 15.0 Å². The molecular formula is C13H17N6O4P. The Bertz CT molecular complexity index is 995. The lowest BCUT2D eigenvalue weighted by atomic mass is 10.5. The molecule has 24 heavy (non-hydrogen) atoms. The monoisotopic (exact) mass is 352 g/mol. The van der Waals surface area contributed by atoms with Crippen molar-refractivity contribution in [3.8, 4) is 0 Å². The van der Waals surface area contributed by atoms with Crippen molar-refractivity contribution >= 4 is 24.5 Å². The van der Waals surface area contributed by atoms with Crippen molar-refractivity contribution < 1.29 is 19.1 Å². The van der Waals surface area contributed by atoms with Gasteiger partial charge in [-0.05, 0) is 12.8 Å². The molecule has 3 aromatic heterocycles. The molecule has 3 aromatic rings. The molecule has 0 aliphatic heterocycles. The van der Waals surface area contributed by atoms with Gasteiger partial charge in [0.15, 0.2) is 16.7 Å². The Labute approximate surface area is 136 Å². The fraction of sp³-hybridized carbons (Fsp3) is 0.462. The second kappa shape index (κ2) is 5.82. The van der Waals surface area contributed by atoms with E-state index in [4.69, 9.17) is 19.5 Å². The first-order chi connectivity index (χ1) is 11.5. The minimum Gasteiger partial charge on any atom is -0.367 e. The molecule has 0 saturated heterocycles. The van der Waals surface area contributed by atoms with Crippen molar-refractivity contribution in [2.75, 3.05) is 13.0 Å². The first-order valence-corrected chi connectivity index (χ1v) is 9.38. The summed E-state index contributed by atoms with van der Waals surface area (Å²) in [7, 11) is -4.15. The van der Waals surface area contributed by atoms with Crippen molar-refractivity contribution in [1.29, 1.82) is 0 Å². The summed E-state index contributed by atoms with van der Waals surface area (Å²) in [5.41, 5.74) is 2.14. The molecule has 0 radical (unpaired) electrons. The van der Waals surface area contributed by atoms with Gasteiger partial charge in [-0.3, -0.25) is 14.0 Å². The SMILES string of the molecule is O=P(O)(O)COCCn1cnc2/c(=N\C3CC3)n3cc[nH]c3nc21. The fourth-order valence-electron chi connectivity index (χ4n) is 2.46. The zero-order valence-electron chi connectivity index (χ0n) is 12.7. The maximum absolute atomic E-state index is 10.8. The minimum atomic E-state index is -4.15. The fourth-order valence-corrected chi connectivity index (χ4v) is 2.83. The smallest absolute Gasteiger partial charge is 0.350 e. The summed E-state index contributed by atoms with van der Waals surface area (Å²) in [6, 6.07) is 0.345. The van der Waals surface area contributed by atoms with Crippen molar-refractivity contribution in [1.82, 2.24) is 23.9 Å². The molecule has 0 aromatic carbocycles. The van der Waals surface area contributed by atoms with Gasteiger partial charge in [-0.2, -0.15) is 4.98 Å². The largest absolute Gasteiger partial charge is 0.367 e. The highest BCUT2D eigenvalue weighted by molar-refractivity contribution is 7.51. The van der Waals surface area contributed by atoms with Crippen LogP contribution in [-0.4, -0.2) is 52.7 Å². The van der Waals surface area contributed by atoms with Crippen LogP contribution < -0.4 is 5.49 Å². The van der Waals surface area contributed by atoms with E-state index in [1.807, 2.05) is 10.6 Å². The average molecular weight is 352 g/mol. The molecule has 10 nitrogen and oxygen atoms in total. The number of ether oxygens (including phenoxy) is 1. The number of hydrogen-bond donors (Lipinski definition) is 3. The van der Waals surface area contributed by atoms with E-state index in [0.29, 0.717) is 29.5 Å². The molecule has 4 rings (SSSR count). The van der Waals surface area contributed by atoms with Crippen molar-refractivity contribution in [2.24, 2.45) is 4.99 Å². The van der Waals surface area contributed by atoms with Gasteiger partial charge in [0.25, 0.3) is 0 Å². The van der Waals surface area contributed by atoms with Crippen LogP contribution in [-0.2, 0) is 15.8 Å². The number of nitrogens with zero attached hydrogens (tertiary/aromatic N) is 5. The van der Waals surface area contributed by atoms with E-state index in [0.717, 1.165) is 18.3 Å². The van der Waals surface area contributed by atoms with Gasteiger partial charge >= 0.3 is 7.60 Å². The molecule has 0 unspecified atom stereocenters. The second-order valence-corrected chi connectivity index (χ2v) is 7.35. The third-order valence-electron chi connectivity index (χ3n) is 3.71. The van der Waals surface area contributed by atoms with Crippen molar-refractivity contribution in [3.63, 3.8) is 0 Å². The average Bonchev–Trinajstić information content (AvgIpc) is 3.06. The normalized spacial score (nSPS) is 16.5. The van der Waals surface area contributed by atoms with E-state index in [-0.39, 0.29) is 6.61 Å². The molecule has 0 atom stereocenters. The van der Waals surface area contributed by atoms with E-state index >= 15 is 0 Å². The first kappa shape index (κ1) is 15.5. The van der Waals surface area contributed by atoms with Crippen LogP contribution >= 0.6 is 7.60 Å². The van der Waals surface area contributed by atoms with Gasteiger partial charge in [-0.1, -0.05) is 0 Å². The summed E-state index contributed by atoms with van der Waals surface area (Å²) in [4.78, 5) is 34.4. The van der Waals surface area contributed by atoms with Gasteiger partial charge in [0, 0.05) is 18.9 Å². The Morgan fingerprint density at radius 1 is 1.46 bits per heavy atom. The number of H-pyrrole nitrogens is 1. The highest BCUT2D eigenvalue weighted by atomic mass is 31.2. The molecule has 11 heteroatoms. The van der Waals surface area contributed by atoms with Crippen LogP contribution in [0.3, 0.4) is 0 Å². The number of imidazole rings is 2. The van der Waals surface area contributed by atoms with E-state index < -0.39 is 13.9 Å². The highest BCUT2D eigenvalue weighted by Crippen LogP contribution is 2.33. The Balaban J connectivity index is 1.67. The number of aromatic amines is 1. The number of aromatic nitrogens is 5. The Hall–Kier alpha value is -2.00. The predicted molar refractivity (Wildman–Crippen MR) is 84.3 cm³/mol. The number of rotatable bonds is 6. The third-order valence-corrected chi connectivity index (χ3v) is 4.23. The molecule has 1 saturated carbocycles. The van der Waals surface area contributed by atoms with Crippen LogP contribution in [0.2, 0.25) is 0 Å². The van der Waals surface area contributed by atoms with E-state index in [9.17, 15) is 4.57 Å². The van der Waals surface area contributed by atoms with Gasteiger partial charge in [0.2, 0.25) is 5.78 Å². The van der Waals surface area contributed by atoms with Crippen LogP contribution in [0.1, 0.15) is 12.8 Å². The molecule has 3 N–H and O–H groups in total. The second-order valence-electron chi connectivity index (χ2n) is 5.76. The van der Waals surface area contributed by atoms with Crippen LogP contribution in [0.4, 0.5) is 0 Å². The van der Waals surface area contributed by atoms with E-state index in [1.54, 1.807) is 17.1 Å². The molecule has 0 amide bonds. The first-order valence-electron chi connectivity index (χ1n) is 7.58. The molecule has 0 bridgehead atoms. The molecule has 3 heterocycles. The van der Waals surface area contributed by atoms with Crippen molar-refractivity contribution in [3.05, 3.63) is 24.2 Å². The van der Waals surface area contributed by atoms with Crippen molar-refractivity contribution in [2.45, 2.75) is 25.4 Å². The minimum absolute atomic E-state index is 0.156. The summed E-state index contributed by atoms with van der Waals surface area (Å²) in [5, 5.41) is 0. The molecule has 1 aliphatic rings. The Morgan fingerprint density at radius 2 is 2.29 bits per heavy atom. The molecule has 1 fully saturated rings. The molecule has 128 valence electrons. The Kier molecular flexibility index (Phi) is 3.76. The zero-order chi connectivity index (χ0) is 16.7. The third kappa shape index (κ3) is 3.13. The van der Waals surface area contributed by atoms with Gasteiger partial charge in [0.1, 0.15) is 6.35 Å². The summed E-state index contributed by atoms with van der Waals surface area (Å²) in [5.74, 6) is 0.666. The Morgan fingerprint density at radius 3 is 3.04 bits per heavy atom. The van der Waals surface area contributed by atoms with Crippen LogP contribution in [0.15, 0.2) is 23.7 Å². The van der Waals surface area contributed by atoms with Crippen LogP contribution in [0, 0.1) is 0 Å². The highest BCUT2D eigenvalue weighted by Gasteiger charge is 2.21. The van der Waals surface area contributed by atoms with Crippen LogP contribution in [0.25, 0.3) is 16.9 Å². The van der Waals surface area contributed by atoms with Gasteiger partial charge < -0.3 is 24.1 Å².